The van der Waals surface area contributed by atoms with Gasteiger partial charge in [-0.3, -0.25) is 4.90 Å². The first kappa shape index (κ1) is 21.8. The van der Waals surface area contributed by atoms with E-state index in [0.29, 0.717) is 33.9 Å². The molecule has 0 unspecified atom stereocenters. The van der Waals surface area contributed by atoms with Gasteiger partial charge in [0.25, 0.3) is 0 Å². The minimum Gasteiger partial charge on any atom is -0.493 e. The second-order valence-electron chi connectivity index (χ2n) is 7.82. The van der Waals surface area contributed by atoms with Crippen molar-refractivity contribution < 1.29 is 14.3 Å². The van der Waals surface area contributed by atoms with Crippen molar-refractivity contribution >= 4 is 22.9 Å². The van der Waals surface area contributed by atoms with Crippen LogP contribution in [0.3, 0.4) is 0 Å². The molecule has 1 aromatic carbocycles. The number of hydrogen-bond acceptors (Lipinski definition) is 8. The SMILES string of the molecule is CC1=C(C(=O)OC(C)C)[C@H](c2ccc(OCC(C)C)cc2)N2C(=N1)SC(C#N)=C2N. The zero-order chi connectivity index (χ0) is 22.0. The fourth-order valence-corrected chi connectivity index (χ4v) is 4.12. The molecule has 0 spiro atoms. The van der Waals surface area contributed by atoms with Gasteiger partial charge >= 0.3 is 5.97 Å². The van der Waals surface area contributed by atoms with Gasteiger partial charge in [0.1, 0.15) is 22.5 Å². The lowest BCUT2D eigenvalue weighted by Crippen LogP contribution is -2.39. The number of thioether (sulfide) groups is 1. The molecule has 2 aliphatic rings. The molecule has 0 aromatic heterocycles. The number of amidine groups is 1. The standard InChI is InChI=1S/C22H26N4O3S/c1-12(2)11-28-16-8-6-15(7-9-16)19-18(21(27)29-13(3)4)14(5)25-22-26(19)20(24)17(10-23)30-22/h6-9,12-13,19H,11,24H2,1-5H3/t19-/m0/s1. The van der Waals surface area contributed by atoms with Crippen molar-refractivity contribution in [2.24, 2.45) is 16.6 Å². The van der Waals surface area contributed by atoms with Crippen LogP contribution in [0.2, 0.25) is 0 Å². The van der Waals surface area contributed by atoms with Crippen molar-refractivity contribution in [2.75, 3.05) is 6.61 Å². The fraction of sp³-hybridized carbons (Fsp3) is 0.409. The quantitative estimate of drug-likeness (QED) is 0.685. The number of carbonyl (C=O) groups is 1. The van der Waals surface area contributed by atoms with Gasteiger partial charge in [-0.25, -0.2) is 9.79 Å². The highest BCUT2D eigenvalue weighted by Crippen LogP contribution is 2.45. The highest BCUT2D eigenvalue weighted by molar-refractivity contribution is 8.17. The van der Waals surface area contributed by atoms with Gasteiger partial charge in [0.15, 0.2) is 5.17 Å². The molecule has 1 atom stereocenters. The molecule has 30 heavy (non-hydrogen) atoms. The Hall–Kier alpha value is -2.92. The van der Waals surface area contributed by atoms with E-state index in [9.17, 15) is 10.1 Å². The average molecular weight is 427 g/mol. The van der Waals surface area contributed by atoms with E-state index in [4.69, 9.17) is 15.2 Å². The van der Waals surface area contributed by atoms with Gasteiger partial charge in [0.05, 0.1) is 30.0 Å². The maximum Gasteiger partial charge on any atom is 0.338 e. The number of carbonyl (C=O) groups excluding carboxylic acids is 1. The van der Waals surface area contributed by atoms with Gasteiger partial charge in [-0.15, -0.1) is 0 Å². The summed E-state index contributed by atoms with van der Waals surface area (Å²) in [6, 6.07) is 9.12. The number of ether oxygens (including phenoxy) is 2. The number of fused-ring (bicyclic) bond motifs is 1. The van der Waals surface area contributed by atoms with Crippen LogP contribution in [-0.2, 0) is 9.53 Å². The number of nitriles is 1. The summed E-state index contributed by atoms with van der Waals surface area (Å²) in [6.45, 7) is 10.2. The zero-order valence-electron chi connectivity index (χ0n) is 17.8. The number of aliphatic imine (C=N–C) groups is 1. The first-order valence-electron chi connectivity index (χ1n) is 9.83. The van der Waals surface area contributed by atoms with Gasteiger partial charge in [0, 0.05) is 0 Å². The molecular weight excluding hydrogens is 400 g/mol. The third-order valence-electron chi connectivity index (χ3n) is 4.52. The molecular formula is C22H26N4O3S. The van der Waals surface area contributed by atoms with Crippen LogP contribution in [0, 0.1) is 17.2 Å². The molecule has 0 amide bonds. The molecule has 0 saturated carbocycles. The van der Waals surface area contributed by atoms with Gasteiger partial charge in [0.2, 0.25) is 0 Å². The van der Waals surface area contributed by atoms with Crippen LogP contribution in [0.1, 0.15) is 46.2 Å². The molecule has 1 aromatic rings. The summed E-state index contributed by atoms with van der Waals surface area (Å²) in [7, 11) is 0. The lowest BCUT2D eigenvalue weighted by atomic mass is 9.94. The normalized spacial score (nSPS) is 18.5. The number of nitrogens with two attached hydrogens (primary N) is 1. The highest BCUT2D eigenvalue weighted by atomic mass is 32.2. The van der Waals surface area contributed by atoms with E-state index in [2.05, 4.69) is 24.9 Å². The van der Waals surface area contributed by atoms with E-state index < -0.39 is 12.0 Å². The Bertz CT molecular complexity index is 971. The first-order chi connectivity index (χ1) is 14.2. The van der Waals surface area contributed by atoms with Crippen molar-refractivity contribution in [3.8, 4) is 11.8 Å². The molecule has 7 nitrogen and oxygen atoms in total. The van der Waals surface area contributed by atoms with Crippen molar-refractivity contribution in [3.63, 3.8) is 0 Å². The van der Waals surface area contributed by atoms with Crippen LogP contribution < -0.4 is 10.5 Å². The van der Waals surface area contributed by atoms with Gasteiger partial charge in [-0.1, -0.05) is 26.0 Å². The number of allylic oxidation sites excluding steroid dienone is 2. The van der Waals surface area contributed by atoms with Gasteiger partial charge in [-0.2, -0.15) is 5.26 Å². The van der Waals surface area contributed by atoms with Gasteiger partial charge in [-0.05, 0) is 56.1 Å². The van der Waals surface area contributed by atoms with Crippen molar-refractivity contribution in [3.05, 3.63) is 51.8 Å². The maximum atomic E-state index is 13.0. The van der Waals surface area contributed by atoms with Crippen LogP contribution in [0.5, 0.6) is 5.75 Å². The summed E-state index contributed by atoms with van der Waals surface area (Å²) in [5.74, 6) is 1.01. The minimum atomic E-state index is -0.541. The maximum absolute atomic E-state index is 13.0. The van der Waals surface area contributed by atoms with Crippen LogP contribution >= 0.6 is 11.8 Å². The molecule has 3 rings (SSSR count). The van der Waals surface area contributed by atoms with E-state index in [1.165, 1.54) is 11.8 Å². The first-order valence-corrected chi connectivity index (χ1v) is 10.6. The summed E-state index contributed by atoms with van der Waals surface area (Å²) in [5, 5.41) is 10.0. The Labute approximate surface area is 181 Å². The van der Waals surface area contributed by atoms with E-state index in [1.807, 2.05) is 24.3 Å². The summed E-state index contributed by atoms with van der Waals surface area (Å²) in [4.78, 5) is 19.6. The molecule has 158 valence electrons. The van der Waals surface area contributed by atoms with Crippen molar-refractivity contribution in [1.82, 2.24) is 4.90 Å². The highest BCUT2D eigenvalue weighted by Gasteiger charge is 2.42. The summed E-state index contributed by atoms with van der Waals surface area (Å²) < 4.78 is 11.3. The molecule has 2 heterocycles. The van der Waals surface area contributed by atoms with E-state index in [-0.39, 0.29) is 11.9 Å². The number of benzene rings is 1. The van der Waals surface area contributed by atoms with Crippen LogP contribution in [0.25, 0.3) is 0 Å². The lowest BCUT2D eigenvalue weighted by Gasteiger charge is -2.35. The molecule has 0 saturated heterocycles. The summed E-state index contributed by atoms with van der Waals surface area (Å²) in [6.07, 6.45) is -0.272. The lowest BCUT2D eigenvalue weighted by molar-refractivity contribution is -0.143. The van der Waals surface area contributed by atoms with Crippen LogP contribution in [0.4, 0.5) is 0 Å². The predicted octanol–water partition coefficient (Wildman–Crippen LogP) is 4.06. The van der Waals surface area contributed by atoms with Crippen molar-refractivity contribution in [2.45, 2.75) is 46.8 Å². The molecule has 0 aliphatic carbocycles. The number of nitrogens with zero attached hydrogens (tertiary/aromatic N) is 3. The third-order valence-corrected chi connectivity index (χ3v) is 5.49. The van der Waals surface area contributed by atoms with Crippen LogP contribution in [-0.4, -0.2) is 28.7 Å². The Morgan fingerprint density at radius 3 is 2.53 bits per heavy atom. The number of esters is 1. The molecule has 0 fully saturated rings. The number of hydrogen-bond donors (Lipinski definition) is 1. The second kappa shape index (κ2) is 8.84. The van der Waals surface area contributed by atoms with Crippen LogP contribution in [0.15, 0.2) is 51.3 Å². The molecule has 0 radical (unpaired) electrons. The number of rotatable bonds is 6. The Morgan fingerprint density at radius 2 is 1.97 bits per heavy atom. The summed E-state index contributed by atoms with van der Waals surface area (Å²) in [5.41, 5.74) is 8.07. The van der Waals surface area contributed by atoms with E-state index in [0.717, 1.165) is 11.3 Å². The molecule has 8 heteroatoms. The molecule has 2 aliphatic heterocycles. The average Bonchev–Trinajstić information content (AvgIpc) is 3.00. The molecule has 0 bridgehead atoms. The Balaban J connectivity index is 2.04. The molecule has 2 N–H and O–H groups in total. The van der Waals surface area contributed by atoms with Gasteiger partial charge < -0.3 is 15.2 Å². The zero-order valence-corrected chi connectivity index (χ0v) is 18.6. The minimum absolute atomic E-state index is 0.272. The van der Waals surface area contributed by atoms with E-state index in [1.54, 1.807) is 25.7 Å². The second-order valence-corrected chi connectivity index (χ2v) is 8.80. The monoisotopic (exact) mass is 426 g/mol. The predicted molar refractivity (Wildman–Crippen MR) is 117 cm³/mol. The smallest absolute Gasteiger partial charge is 0.338 e. The Kier molecular flexibility index (Phi) is 6.42. The fourth-order valence-electron chi connectivity index (χ4n) is 3.20. The Morgan fingerprint density at radius 1 is 1.30 bits per heavy atom. The topological polar surface area (TPSA) is 101 Å². The third kappa shape index (κ3) is 4.31. The largest absolute Gasteiger partial charge is 0.493 e. The summed E-state index contributed by atoms with van der Waals surface area (Å²) >= 11 is 1.21. The van der Waals surface area contributed by atoms with E-state index >= 15 is 0 Å². The van der Waals surface area contributed by atoms with Crippen molar-refractivity contribution in [1.29, 1.82) is 5.26 Å².